The number of thioether (sulfide) groups is 1. The average molecular weight is 347 g/mol. The van der Waals surface area contributed by atoms with E-state index in [-0.39, 0.29) is 11.2 Å². The van der Waals surface area contributed by atoms with Gasteiger partial charge in [-0.25, -0.2) is 4.98 Å². The first-order valence-electron chi connectivity index (χ1n) is 8.10. The number of aromatic nitrogens is 2. The number of fused-ring (bicyclic) bond motifs is 2. The summed E-state index contributed by atoms with van der Waals surface area (Å²) in [4.78, 5) is 20.2. The molecule has 0 fully saturated rings. The van der Waals surface area contributed by atoms with Gasteiger partial charge < -0.3 is 10.3 Å². The Hall–Kier alpha value is -2.79. The lowest BCUT2D eigenvalue weighted by atomic mass is 10.1. The molecule has 1 atom stereocenters. The summed E-state index contributed by atoms with van der Waals surface area (Å²) in [5, 5.41) is 5.75. The van der Waals surface area contributed by atoms with Gasteiger partial charge in [0.2, 0.25) is 5.91 Å². The standard InChI is InChI=1S/C20H17N3OS/c1-13(25-20-22-17-8-4-5-9-18(17)23-20)19(24)21-16-11-10-14-6-2-3-7-15(14)12-16/h2-13H,1H3,(H,21,24)(H,22,23)/t13-/m0/s1. The Balaban J connectivity index is 1.47. The van der Waals surface area contributed by atoms with E-state index in [1.54, 1.807) is 0 Å². The van der Waals surface area contributed by atoms with E-state index in [0.717, 1.165) is 32.6 Å². The molecule has 4 nitrogen and oxygen atoms in total. The lowest BCUT2D eigenvalue weighted by Gasteiger charge is -2.11. The van der Waals surface area contributed by atoms with Crippen LogP contribution in [-0.2, 0) is 4.79 Å². The minimum atomic E-state index is -0.257. The van der Waals surface area contributed by atoms with Gasteiger partial charge in [-0.05, 0) is 42.0 Å². The van der Waals surface area contributed by atoms with Crippen molar-refractivity contribution >= 4 is 45.2 Å². The highest BCUT2D eigenvalue weighted by atomic mass is 32.2. The molecule has 4 rings (SSSR count). The number of para-hydroxylation sites is 2. The zero-order valence-corrected chi connectivity index (χ0v) is 14.5. The topological polar surface area (TPSA) is 57.8 Å². The van der Waals surface area contributed by atoms with Gasteiger partial charge in [-0.2, -0.15) is 0 Å². The van der Waals surface area contributed by atoms with Crippen LogP contribution >= 0.6 is 11.8 Å². The number of carbonyl (C=O) groups excluding carboxylic acids is 1. The normalized spacial score (nSPS) is 12.4. The molecule has 0 bridgehead atoms. The lowest BCUT2D eigenvalue weighted by Crippen LogP contribution is -2.22. The Labute approximate surface area is 149 Å². The molecule has 0 saturated carbocycles. The third-order valence-corrected chi connectivity index (χ3v) is 5.03. The quantitative estimate of drug-likeness (QED) is 0.520. The summed E-state index contributed by atoms with van der Waals surface area (Å²) < 4.78 is 0. The Kier molecular flexibility index (Phi) is 4.15. The van der Waals surface area contributed by atoms with Crippen molar-refractivity contribution in [3.05, 3.63) is 66.7 Å². The predicted molar refractivity (Wildman–Crippen MR) is 104 cm³/mol. The minimum absolute atomic E-state index is 0.0410. The number of rotatable bonds is 4. The Morgan fingerprint density at radius 1 is 1.04 bits per heavy atom. The van der Waals surface area contributed by atoms with Gasteiger partial charge in [0.1, 0.15) is 0 Å². The van der Waals surface area contributed by atoms with Gasteiger partial charge in [-0.3, -0.25) is 4.79 Å². The molecule has 1 amide bonds. The number of nitrogens with one attached hydrogen (secondary N) is 2. The van der Waals surface area contributed by atoms with Crippen LogP contribution in [0.1, 0.15) is 6.92 Å². The van der Waals surface area contributed by atoms with E-state index in [0.29, 0.717) is 0 Å². The number of hydrogen-bond donors (Lipinski definition) is 2. The fourth-order valence-corrected chi connectivity index (χ4v) is 3.54. The van der Waals surface area contributed by atoms with E-state index in [2.05, 4.69) is 21.4 Å². The molecule has 124 valence electrons. The number of benzene rings is 3. The number of aromatic amines is 1. The monoisotopic (exact) mass is 347 g/mol. The van der Waals surface area contributed by atoms with Crippen molar-refractivity contribution in [2.45, 2.75) is 17.3 Å². The van der Waals surface area contributed by atoms with Gasteiger partial charge in [0.05, 0.1) is 16.3 Å². The first kappa shape index (κ1) is 15.7. The summed E-state index contributed by atoms with van der Waals surface area (Å²) in [5.41, 5.74) is 2.69. The molecule has 0 unspecified atom stereocenters. The molecule has 0 saturated heterocycles. The zero-order valence-electron chi connectivity index (χ0n) is 13.7. The van der Waals surface area contributed by atoms with Crippen molar-refractivity contribution in [2.75, 3.05) is 5.32 Å². The summed E-state index contributed by atoms with van der Waals surface area (Å²) >= 11 is 1.42. The SMILES string of the molecule is C[C@H](Sc1nc2ccccc2[nH]1)C(=O)Nc1ccc2ccccc2c1. The van der Waals surface area contributed by atoms with Crippen LogP contribution in [0.15, 0.2) is 71.9 Å². The number of amides is 1. The largest absolute Gasteiger partial charge is 0.333 e. The fraction of sp³-hybridized carbons (Fsp3) is 0.100. The highest BCUT2D eigenvalue weighted by molar-refractivity contribution is 8.00. The van der Waals surface area contributed by atoms with Gasteiger partial charge in [0.25, 0.3) is 0 Å². The molecule has 25 heavy (non-hydrogen) atoms. The highest BCUT2D eigenvalue weighted by Crippen LogP contribution is 2.25. The van der Waals surface area contributed by atoms with Crippen molar-refractivity contribution in [1.82, 2.24) is 9.97 Å². The number of anilines is 1. The maximum Gasteiger partial charge on any atom is 0.237 e. The summed E-state index contributed by atoms with van der Waals surface area (Å²) in [6.07, 6.45) is 0. The van der Waals surface area contributed by atoms with E-state index in [9.17, 15) is 4.79 Å². The van der Waals surface area contributed by atoms with Crippen LogP contribution in [-0.4, -0.2) is 21.1 Å². The van der Waals surface area contributed by atoms with Crippen molar-refractivity contribution in [2.24, 2.45) is 0 Å². The smallest absolute Gasteiger partial charge is 0.237 e. The van der Waals surface area contributed by atoms with Crippen LogP contribution in [0.2, 0.25) is 0 Å². The van der Waals surface area contributed by atoms with Crippen LogP contribution < -0.4 is 5.32 Å². The number of carbonyl (C=O) groups is 1. The summed E-state index contributed by atoms with van der Waals surface area (Å²) in [7, 11) is 0. The molecular formula is C20H17N3OS. The molecule has 4 aromatic rings. The maximum absolute atomic E-state index is 12.5. The second-order valence-electron chi connectivity index (χ2n) is 5.87. The third kappa shape index (κ3) is 3.37. The summed E-state index contributed by atoms with van der Waals surface area (Å²) in [6.45, 7) is 1.88. The summed E-state index contributed by atoms with van der Waals surface area (Å²) in [5.74, 6) is -0.0410. The van der Waals surface area contributed by atoms with E-state index >= 15 is 0 Å². The van der Waals surface area contributed by atoms with Crippen molar-refractivity contribution in [1.29, 1.82) is 0 Å². The Morgan fingerprint density at radius 3 is 2.64 bits per heavy atom. The molecule has 0 aliphatic rings. The highest BCUT2D eigenvalue weighted by Gasteiger charge is 2.17. The van der Waals surface area contributed by atoms with Crippen LogP contribution in [0.25, 0.3) is 21.8 Å². The van der Waals surface area contributed by atoms with Gasteiger partial charge in [-0.1, -0.05) is 54.2 Å². The van der Waals surface area contributed by atoms with Gasteiger partial charge in [0, 0.05) is 5.69 Å². The second kappa shape index (κ2) is 6.61. The van der Waals surface area contributed by atoms with E-state index < -0.39 is 0 Å². The molecule has 0 aliphatic heterocycles. The number of imidazole rings is 1. The predicted octanol–water partition coefficient (Wildman–Crippen LogP) is 4.84. The van der Waals surface area contributed by atoms with Crippen molar-refractivity contribution < 1.29 is 4.79 Å². The molecule has 2 N–H and O–H groups in total. The van der Waals surface area contributed by atoms with Gasteiger partial charge in [-0.15, -0.1) is 0 Å². The molecular weight excluding hydrogens is 330 g/mol. The fourth-order valence-electron chi connectivity index (χ4n) is 2.72. The second-order valence-corrected chi connectivity index (χ2v) is 7.20. The van der Waals surface area contributed by atoms with Crippen molar-refractivity contribution in [3.63, 3.8) is 0 Å². The molecule has 5 heteroatoms. The Morgan fingerprint density at radius 2 is 1.80 bits per heavy atom. The number of nitrogens with zero attached hydrogens (tertiary/aromatic N) is 1. The first-order valence-corrected chi connectivity index (χ1v) is 8.98. The minimum Gasteiger partial charge on any atom is -0.333 e. The average Bonchev–Trinajstić information content (AvgIpc) is 3.03. The summed E-state index contributed by atoms with van der Waals surface area (Å²) in [6, 6.07) is 21.9. The van der Waals surface area contributed by atoms with Crippen LogP contribution in [0.5, 0.6) is 0 Å². The van der Waals surface area contributed by atoms with E-state index in [1.807, 2.05) is 67.6 Å². The molecule has 0 spiro atoms. The third-order valence-electron chi connectivity index (χ3n) is 4.04. The molecule has 1 heterocycles. The molecule has 3 aromatic carbocycles. The Bertz CT molecular complexity index is 1020. The molecule has 0 aliphatic carbocycles. The number of H-pyrrole nitrogens is 1. The first-order chi connectivity index (χ1) is 12.2. The van der Waals surface area contributed by atoms with Crippen molar-refractivity contribution in [3.8, 4) is 0 Å². The van der Waals surface area contributed by atoms with Crippen LogP contribution in [0.3, 0.4) is 0 Å². The molecule has 1 aromatic heterocycles. The number of hydrogen-bond acceptors (Lipinski definition) is 3. The zero-order chi connectivity index (χ0) is 17.2. The van der Waals surface area contributed by atoms with Crippen LogP contribution in [0, 0.1) is 0 Å². The van der Waals surface area contributed by atoms with E-state index in [1.165, 1.54) is 11.8 Å². The van der Waals surface area contributed by atoms with Gasteiger partial charge >= 0.3 is 0 Å². The maximum atomic E-state index is 12.5. The van der Waals surface area contributed by atoms with Crippen LogP contribution in [0.4, 0.5) is 5.69 Å². The van der Waals surface area contributed by atoms with E-state index in [4.69, 9.17) is 0 Å². The van der Waals surface area contributed by atoms with Gasteiger partial charge in [0.15, 0.2) is 5.16 Å². The lowest BCUT2D eigenvalue weighted by molar-refractivity contribution is -0.115. The molecule has 0 radical (unpaired) electrons.